The van der Waals surface area contributed by atoms with Gasteiger partial charge in [0.25, 0.3) is 0 Å². The second kappa shape index (κ2) is 10.6. The SMILES string of the molecule is O=C(Oc1cccc(OC(=O)c2ccc(O)c(O)c2)c1OC(=O)c1ccc(O)c(O)c1)c1ccc(O)c(O)c1. The molecule has 39 heavy (non-hydrogen) atoms. The van der Waals surface area contributed by atoms with E-state index in [4.69, 9.17) is 14.2 Å². The molecule has 6 N–H and O–H groups in total. The Morgan fingerprint density at radius 2 is 0.769 bits per heavy atom. The lowest BCUT2D eigenvalue weighted by atomic mass is 10.2. The number of phenolic OH excluding ortho intramolecular Hbond substituents is 6. The predicted octanol–water partition coefficient (Wildman–Crippen LogP) is 3.58. The number of hydrogen-bond acceptors (Lipinski definition) is 12. The van der Waals surface area contributed by atoms with Gasteiger partial charge in [-0.2, -0.15) is 0 Å². The lowest BCUT2D eigenvalue weighted by molar-refractivity contribution is 0.0657. The Morgan fingerprint density at radius 1 is 0.436 bits per heavy atom. The smallest absolute Gasteiger partial charge is 0.343 e. The van der Waals surface area contributed by atoms with Crippen molar-refractivity contribution in [1.29, 1.82) is 0 Å². The molecule has 0 unspecified atom stereocenters. The van der Waals surface area contributed by atoms with Crippen molar-refractivity contribution in [2.75, 3.05) is 0 Å². The number of para-hydroxylation sites is 1. The standard InChI is InChI=1S/C27H18O12/c28-16-7-4-13(10-19(16)31)25(34)37-22-2-1-3-23(38-26(35)14-5-8-17(29)20(32)11-14)24(22)39-27(36)15-6-9-18(30)21(33)12-15/h1-12,28-33H. The maximum absolute atomic E-state index is 12.8. The van der Waals surface area contributed by atoms with Gasteiger partial charge in [-0.3, -0.25) is 0 Å². The second-order valence-electron chi connectivity index (χ2n) is 7.86. The molecule has 12 nitrogen and oxygen atoms in total. The van der Waals surface area contributed by atoms with Crippen LogP contribution in [0.3, 0.4) is 0 Å². The molecule has 12 heteroatoms. The first-order valence-corrected chi connectivity index (χ1v) is 10.9. The first kappa shape index (κ1) is 26.2. The van der Waals surface area contributed by atoms with Gasteiger partial charge < -0.3 is 44.8 Å². The second-order valence-corrected chi connectivity index (χ2v) is 7.86. The van der Waals surface area contributed by atoms with Gasteiger partial charge in [0.2, 0.25) is 5.75 Å². The van der Waals surface area contributed by atoms with Gasteiger partial charge in [0.05, 0.1) is 16.7 Å². The van der Waals surface area contributed by atoms with Gasteiger partial charge in [-0.25, -0.2) is 14.4 Å². The van der Waals surface area contributed by atoms with Crippen molar-refractivity contribution in [3.8, 4) is 51.7 Å². The fraction of sp³-hybridized carbons (Fsp3) is 0. The molecule has 0 aliphatic carbocycles. The highest BCUT2D eigenvalue weighted by molar-refractivity contribution is 5.96. The number of esters is 3. The highest BCUT2D eigenvalue weighted by atomic mass is 16.6. The zero-order valence-electron chi connectivity index (χ0n) is 19.6. The molecular weight excluding hydrogens is 516 g/mol. The number of carbonyl (C=O) groups excluding carboxylic acids is 3. The Labute approximate surface area is 218 Å². The van der Waals surface area contributed by atoms with Crippen LogP contribution in [0, 0.1) is 0 Å². The average Bonchev–Trinajstić information content (AvgIpc) is 2.90. The lowest BCUT2D eigenvalue weighted by Gasteiger charge is -2.15. The van der Waals surface area contributed by atoms with Gasteiger partial charge in [-0.1, -0.05) is 6.07 Å². The first-order chi connectivity index (χ1) is 18.5. The number of hydrogen-bond donors (Lipinski definition) is 6. The summed E-state index contributed by atoms with van der Waals surface area (Å²) in [5.74, 6) is -7.79. The summed E-state index contributed by atoms with van der Waals surface area (Å²) in [6, 6.07) is 13.1. The molecule has 0 fully saturated rings. The number of phenols is 6. The Bertz CT molecular complexity index is 1530. The maximum atomic E-state index is 12.8. The Balaban J connectivity index is 1.71. The number of carbonyl (C=O) groups is 3. The third kappa shape index (κ3) is 5.75. The van der Waals surface area contributed by atoms with Gasteiger partial charge >= 0.3 is 17.9 Å². The van der Waals surface area contributed by atoms with E-state index in [9.17, 15) is 45.0 Å². The van der Waals surface area contributed by atoms with Crippen molar-refractivity contribution >= 4 is 17.9 Å². The van der Waals surface area contributed by atoms with Crippen molar-refractivity contribution in [3.63, 3.8) is 0 Å². The van der Waals surface area contributed by atoms with Gasteiger partial charge in [0.1, 0.15) is 0 Å². The molecule has 0 bridgehead atoms. The summed E-state index contributed by atoms with van der Waals surface area (Å²) < 4.78 is 16.0. The molecule has 0 atom stereocenters. The third-order valence-corrected chi connectivity index (χ3v) is 5.18. The zero-order valence-corrected chi connectivity index (χ0v) is 19.6. The fourth-order valence-electron chi connectivity index (χ4n) is 3.18. The molecule has 0 amide bonds. The number of benzene rings is 4. The van der Waals surface area contributed by atoms with Crippen LogP contribution < -0.4 is 14.2 Å². The minimum atomic E-state index is -1.10. The molecular formula is C27H18O12. The van der Waals surface area contributed by atoms with Crippen molar-refractivity contribution in [1.82, 2.24) is 0 Å². The molecule has 4 rings (SSSR count). The van der Waals surface area contributed by atoms with E-state index in [1.807, 2.05) is 0 Å². The van der Waals surface area contributed by atoms with Crippen LogP contribution in [-0.4, -0.2) is 48.5 Å². The van der Waals surface area contributed by atoms with Crippen LogP contribution in [0.25, 0.3) is 0 Å². The largest absolute Gasteiger partial charge is 0.504 e. The number of rotatable bonds is 6. The van der Waals surface area contributed by atoms with Crippen LogP contribution in [0.4, 0.5) is 0 Å². The molecule has 4 aromatic rings. The van der Waals surface area contributed by atoms with Gasteiger partial charge in [-0.15, -0.1) is 0 Å². The van der Waals surface area contributed by atoms with Crippen molar-refractivity contribution in [2.45, 2.75) is 0 Å². The van der Waals surface area contributed by atoms with E-state index < -0.39 is 69.7 Å². The lowest BCUT2D eigenvalue weighted by Crippen LogP contribution is -2.15. The summed E-state index contributed by atoms with van der Waals surface area (Å²) in [5.41, 5.74) is -0.600. The monoisotopic (exact) mass is 534 g/mol. The highest BCUT2D eigenvalue weighted by Crippen LogP contribution is 2.39. The first-order valence-electron chi connectivity index (χ1n) is 10.9. The summed E-state index contributed by atoms with van der Waals surface area (Å²) >= 11 is 0. The van der Waals surface area contributed by atoms with E-state index in [1.54, 1.807) is 0 Å². The topological polar surface area (TPSA) is 200 Å². The quantitative estimate of drug-likeness (QED) is 0.119. The highest BCUT2D eigenvalue weighted by Gasteiger charge is 2.24. The van der Waals surface area contributed by atoms with Crippen LogP contribution in [-0.2, 0) is 0 Å². The molecule has 0 aromatic heterocycles. The molecule has 198 valence electrons. The number of aromatic hydroxyl groups is 6. The van der Waals surface area contributed by atoms with E-state index in [1.165, 1.54) is 18.2 Å². The summed E-state index contributed by atoms with van der Waals surface area (Å²) in [6.45, 7) is 0. The van der Waals surface area contributed by atoms with E-state index in [2.05, 4.69) is 0 Å². The van der Waals surface area contributed by atoms with Gasteiger partial charge in [0.15, 0.2) is 46.0 Å². The Hall–Kier alpha value is -5.91. The van der Waals surface area contributed by atoms with Crippen molar-refractivity contribution in [3.05, 3.63) is 89.5 Å². The third-order valence-electron chi connectivity index (χ3n) is 5.18. The minimum Gasteiger partial charge on any atom is -0.504 e. The molecule has 0 aliphatic rings. The van der Waals surface area contributed by atoms with E-state index in [0.29, 0.717) is 0 Å². The molecule has 0 heterocycles. The van der Waals surface area contributed by atoms with Crippen LogP contribution >= 0.6 is 0 Å². The van der Waals surface area contributed by atoms with Crippen LogP contribution in [0.5, 0.6) is 51.7 Å². The molecule has 4 aromatic carbocycles. The number of ether oxygens (including phenoxy) is 3. The Kier molecular flexibility index (Phi) is 7.11. The molecule has 0 saturated carbocycles. The maximum Gasteiger partial charge on any atom is 0.343 e. The molecule has 0 spiro atoms. The zero-order chi connectivity index (χ0) is 28.3. The summed E-state index contributed by atoms with van der Waals surface area (Å²) in [7, 11) is 0. The summed E-state index contributed by atoms with van der Waals surface area (Å²) in [6.07, 6.45) is 0. The summed E-state index contributed by atoms with van der Waals surface area (Å²) in [5, 5.41) is 57.6. The minimum absolute atomic E-state index is 0.187. The van der Waals surface area contributed by atoms with Crippen LogP contribution in [0.15, 0.2) is 72.8 Å². The Morgan fingerprint density at radius 3 is 1.10 bits per heavy atom. The van der Waals surface area contributed by atoms with Gasteiger partial charge in [-0.05, 0) is 66.7 Å². The fourth-order valence-corrected chi connectivity index (χ4v) is 3.18. The van der Waals surface area contributed by atoms with E-state index in [-0.39, 0.29) is 16.7 Å². The van der Waals surface area contributed by atoms with Crippen LogP contribution in [0.2, 0.25) is 0 Å². The normalized spacial score (nSPS) is 10.5. The predicted molar refractivity (Wildman–Crippen MR) is 131 cm³/mol. The average molecular weight is 534 g/mol. The summed E-state index contributed by atoms with van der Waals surface area (Å²) in [4.78, 5) is 38.3. The van der Waals surface area contributed by atoms with E-state index >= 15 is 0 Å². The van der Waals surface area contributed by atoms with Gasteiger partial charge in [0, 0.05) is 0 Å². The molecule has 0 saturated heterocycles. The van der Waals surface area contributed by atoms with Crippen molar-refractivity contribution in [2.24, 2.45) is 0 Å². The van der Waals surface area contributed by atoms with Crippen LogP contribution in [0.1, 0.15) is 31.1 Å². The van der Waals surface area contributed by atoms with E-state index in [0.717, 1.165) is 54.6 Å². The molecule has 0 aliphatic heterocycles. The molecule has 0 radical (unpaired) electrons. The van der Waals surface area contributed by atoms with Crippen molar-refractivity contribution < 1.29 is 59.2 Å².